The number of halogens is 2. The van der Waals surface area contributed by atoms with Gasteiger partial charge in [0.25, 0.3) is 0 Å². The molecule has 0 saturated carbocycles. The molecule has 0 heterocycles. The molecule has 0 unspecified atom stereocenters. The molecular weight excluding hydrogens is 300 g/mol. The topological polar surface area (TPSA) is 87.2 Å². The Morgan fingerprint density at radius 1 is 1.38 bits per heavy atom. The zero-order valence-corrected chi connectivity index (χ0v) is 12.6. The molecule has 2 N–H and O–H groups in total. The van der Waals surface area contributed by atoms with Crippen LogP contribution in [0, 0.1) is 28.9 Å². The van der Waals surface area contributed by atoms with E-state index in [4.69, 9.17) is 11.0 Å². The highest BCUT2D eigenvalue weighted by Crippen LogP contribution is 2.25. The lowest BCUT2D eigenvalue weighted by atomic mass is 10.2. The summed E-state index contributed by atoms with van der Waals surface area (Å²) in [7, 11) is -4.26. The summed E-state index contributed by atoms with van der Waals surface area (Å²) in [6.45, 7) is 3.57. The maximum Gasteiger partial charge on any atom is 0.246 e. The maximum absolute atomic E-state index is 13.8. The first kappa shape index (κ1) is 17.3. The lowest BCUT2D eigenvalue weighted by Gasteiger charge is -2.23. The van der Waals surface area contributed by atoms with E-state index >= 15 is 0 Å². The number of anilines is 1. The molecule has 0 fully saturated rings. The quantitative estimate of drug-likeness (QED) is 0.814. The van der Waals surface area contributed by atoms with Crippen LogP contribution in [0.5, 0.6) is 0 Å². The normalized spacial score (nSPS) is 11.9. The Morgan fingerprint density at radius 2 is 2.00 bits per heavy atom. The molecule has 0 aliphatic carbocycles. The van der Waals surface area contributed by atoms with Gasteiger partial charge in [-0.2, -0.15) is 9.57 Å². The Kier molecular flexibility index (Phi) is 5.63. The van der Waals surface area contributed by atoms with Gasteiger partial charge in [-0.1, -0.05) is 13.8 Å². The molecule has 0 aliphatic rings. The average molecular weight is 317 g/mol. The molecule has 0 aromatic heterocycles. The number of hydrogen-bond donors (Lipinski definition) is 1. The van der Waals surface area contributed by atoms with Crippen LogP contribution in [0.25, 0.3) is 0 Å². The van der Waals surface area contributed by atoms with E-state index in [1.54, 1.807) is 13.8 Å². The fraction of sp³-hybridized carbons (Fsp3) is 0.462. The van der Waals surface area contributed by atoms with Gasteiger partial charge in [-0.3, -0.25) is 0 Å². The minimum Gasteiger partial charge on any atom is -0.399 e. The van der Waals surface area contributed by atoms with Crippen LogP contribution in [-0.2, 0) is 10.0 Å². The van der Waals surface area contributed by atoms with Gasteiger partial charge in [-0.05, 0) is 18.1 Å². The maximum atomic E-state index is 13.8. The number of nitrogens with zero attached hydrogens (tertiary/aromatic N) is 2. The Hall–Kier alpha value is -1.72. The molecule has 0 radical (unpaired) electrons. The highest BCUT2D eigenvalue weighted by atomic mass is 32.2. The molecule has 0 aliphatic heterocycles. The van der Waals surface area contributed by atoms with Crippen molar-refractivity contribution in [3.63, 3.8) is 0 Å². The third-order valence-corrected chi connectivity index (χ3v) is 4.54. The lowest BCUT2D eigenvalue weighted by molar-refractivity contribution is 0.369. The summed E-state index contributed by atoms with van der Waals surface area (Å²) in [6.07, 6.45) is -0.0433. The number of nitriles is 1. The second-order valence-corrected chi connectivity index (χ2v) is 6.89. The minimum absolute atomic E-state index is 0.0348. The highest BCUT2D eigenvalue weighted by molar-refractivity contribution is 7.89. The molecule has 1 rings (SSSR count). The molecule has 0 atom stereocenters. The van der Waals surface area contributed by atoms with E-state index < -0.39 is 26.6 Å². The van der Waals surface area contributed by atoms with Crippen LogP contribution in [0.3, 0.4) is 0 Å². The van der Waals surface area contributed by atoms with Crippen LogP contribution in [0.15, 0.2) is 17.0 Å². The largest absolute Gasteiger partial charge is 0.399 e. The van der Waals surface area contributed by atoms with Gasteiger partial charge in [-0.15, -0.1) is 0 Å². The number of hydrogen-bond acceptors (Lipinski definition) is 4. The first-order valence-corrected chi connectivity index (χ1v) is 7.75. The zero-order chi connectivity index (χ0) is 16.2. The molecule has 1 aromatic rings. The third kappa shape index (κ3) is 4.12. The third-order valence-electron chi connectivity index (χ3n) is 2.68. The summed E-state index contributed by atoms with van der Waals surface area (Å²) in [5.41, 5.74) is 5.20. The van der Waals surface area contributed by atoms with Crippen molar-refractivity contribution in [3.8, 4) is 6.07 Å². The fourth-order valence-electron chi connectivity index (χ4n) is 1.80. The predicted molar refractivity (Wildman–Crippen MR) is 74.6 cm³/mol. The number of benzene rings is 1. The molecular formula is C13H17F2N3O2S. The highest BCUT2D eigenvalue weighted by Gasteiger charge is 2.29. The van der Waals surface area contributed by atoms with E-state index in [1.165, 1.54) is 0 Å². The van der Waals surface area contributed by atoms with Crippen LogP contribution in [0.4, 0.5) is 14.5 Å². The molecule has 5 nitrogen and oxygen atoms in total. The molecule has 8 heteroatoms. The van der Waals surface area contributed by atoms with Gasteiger partial charge >= 0.3 is 0 Å². The van der Waals surface area contributed by atoms with Gasteiger partial charge in [0.15, 0.2) is 11.6 Å². The molecule has 0 amide bonds. The van der Waals surface area contributed by atoms with Crippen molar-refractivity contribution < 1.29 is 17.2 Å². The summed E-state index contributed by atoms with van der Waals surface area (Å²) in [5, 5.41) is 8.60. The monoisotopic (exact) mass is 317 g/mol. The molecule has 0 bridgehead atoms. The van der Waals surface area contributed by atoms with E-state index in [0.717, 1.165) is 16.4 Å². The van der Waals surface area contributed by atoms with Crippen molar-refractivity contribution in [3.05, 3.63) is 23.8 Å². The van der Waals surface area contributed by atoms with Gasteiger partial charge in [0.05, 0.1) is 6.07 Å². The SMILES string of the molecule is CC(C)CN(CCC#N)S(=O)(=O)c1cc(N)cc(F)c1F. The fourth-order valence-corrected chi connectivity index (χ4v) is 3.52. The van der Waals surface area contributed by atoms with Gasteiger partial charge in [-0.25, -0.2) is 17.2 Å². The number of nitrogens with two attached hydrogens (primary N) is 1. The molecule has 0 spiro atoms. The summed E-state index contributed by atoms with van der Waals surface area (Å²) in [4.78, 5) is -0.807. The first-order valence-electron chi connectivity index (χ1n) is 6.31. The number of sulfonamides is 1. The van der Waals surface area contributed by atoms with Gasteiger partial charge < -0.3 is 5.73 Å². The van der Waals surface area contributed by atoms with E-state index in [-0.39, 0.29) is 31.1 Å². The van der Waals surface area contributed by atoms with Crippen molar-refractivity contribution in [1.29, 1.82) is 5.26 Å². The summed E-state index contributed by atoms with van der Waals surface area (Å²) in [6, 6.07) is 3.43. The number of rotatable bonds is 6. The van der Waals surface area contributed by atoms with Crippen molar-refractivity contribution >= 4 is 15.7 Å². The molecule has 1 aromatic carbocycles. The molecule has 116 valence electrons. The van der Waals surface area contributed by atoms with E-state index in [0.29, 0.717) is 0 Å². The van der Waals surface area contributed by atoms with Gasteiger partial charge in [0.2, 0.25) is 10.0 Å². The lowest BCUT2D eigenvalue weighted by Crippen LogP contribution is -2.35. The Bertz CT molecular complexity index is 654. The van der Waals surface area contributed by atoms with Crippen LogP contribution in [0.2, 0.25) is 0 Å². The second kappa shape index (κ2) is 6.83. The summed E-state index contributed by atoms with van der Waals surface area (Å²) < 4.78 is 53.0. The van der Waals surface area contributed by atoms with E-state index in [9.17, 15) is 17.2 Å². The first-order chi connectivity index (χ1) is 9.70. The standard InChI is InChI=1S/C13H17F2N3O2S/c1-9(2)8-18(5-3-4-16)21(19,20)12-7-10(17)6-11(14)13(12)15/h6-7,9H,3,5,8,17H2,1-2H3. The minimum atomic E-state index is -4.26. The van der Waals surface area contributed by atoms with Gasteiger partial charge in [0, 0.05) is 25.2 Å². The molecule has 21 heavy (non-hydrogen) atoms. The van der Waals surface area contributed by atoms with Crippen molar-refractivity contribution in [2.24, 2.45) is 5.92 Å². The van der Waals surface area contributed by atoms with Crippen LogP contribution in [-0.4, -0.2) is 25.8 Å². The smallest absolute Gasteiger partial charge is 0.246 e. The summed E-state index contributed by atoms with van der Waals surface area (Å²) in [5.74, 6) is -2.82. The van der Waals surface area contributed by atoms with Crippen molar-refractivity contribution in [1.82, 2.24) is 4.31 Å². The van der Waals surface area contributed by atoms with E-state index in [1.807, 2.05) is 6.07 Å². The summed E-state index contributed by atoms with van der Waals surface area (Å²) >= 11 is 0. The van der Waals surface area contributed by atoms with Crippen molar-refractivity contribution in [2.75, 3.05) is 18.8 Å². The Balaban J connectivity index is 3.32. The predicted octanol–water partition coefficient (Wildman–Crippen LogP) is 2.11. The van der Waals surface area contributed by atoms with Crippen LogP contribution >= 0.6 is 0 Å². The zero-order valence-electron chi connectivity index (χ0n) is 11.8. The second-order valence-electron chi connectivity index (χ2n) is 4.98. The van der Waals surface area contributed by atoms with Gasteiger partial charge in [0.1, 0.15) is 4.90 Å². The van der Waals surface area contributed by atoms with E-state index in [2.05, 4.69) is 0 Å². The average Bonchev–Trinajstić information content (AvgIpc) is 2.38. The Labute approximate surface area is 123 Å². The van der Waals surface area contributed by atoms with Crippen LogP contribution < -0.4 is 5.73 Å². The van der Waals surface area contributed by atoms with Crippen molar-refractivity contribution in [2.45, 2.75) is 25.2 Å². The van der Waals surface area contributed by atoms with Crippen LogP contribution in [0.1, 0.15) is 20.3 Å². The molecule has 0 saturated heterocycles. The number of nitrogen functional groups attached to an aromatic ring is 1. The Morgan fingerprint density at radius 3 is 2.52 bits per heavy atom.